The Morgan fingerprint density at radius 1 is 1.27 bits per heavy atom. The highest BCUT2D eigenvalue weighted by atomic mass is 32.2. The number of benzene rings is 1. The molecule has 10 heteroatoms. The van der Waals surface area contributed by atoms with Crippen molar-refractivity contribution < 1.29 is 14.0 Å². The minimum Gasteiger partial charge on any atom is -0.358 e. The summed E-state index contributed by atoms with van der Waals surface area (Å²) in [6.45, 7) is 3.92. The van der Waals surface area contributed by atoms with Crippen molar-refractivity contribution >= 4 is 45.7 Å². The zero-order chi connectivity index (χ0) is 19.1. The highest BCUT2D eigenvalue weighted by Crippen LogP contribution is 2.25. The van der Waals surface area contributed by atoms with Crippen LogP contribution in [0.25, 0.3) is 0 Å². The van der Waals surface area contributed by atoms with Crippen molar-refractivity contribution in [2.75, 3.05) is 30.0 Å². The molecule has 0 aliphatic rings. The van der Waals surface area contributed by atoms with Crippen LogP contribution in [-0.4, -0.2) is 52.3 Å². The molecule has 2 amide bonds. The van der Waals surface area contributed by atoms with E-state index >= 15 is 0 Å². The first-order chi connectivity index (χ1) is 12.3. The van der Waals surface area contributed by atoms with Gasteiger partial charge >= 0.3 is 0 Å². The number of nitrogens with zero attached hydrogens (tertiary/aromatic N) is 3. The number of amides is 2. The van der Waals surface area contributed by atoms with Crippen LogP contribution in [0.2, 0.25) is 0 Å². The molecule has 0 fully saturated rings. The molecule has 0 unspecified atom stereocenters. The molecule has 0 bridgehead atoms. The van der Waals surface area contributed by atoms with Crippen LogP contribution in [0.15, 0.2) is 28.6 Å². The molecule has 2 aromatic rings. The molecule has 1 aromatic carbocycles. The van der Waals surface area contributed by atoms with Crippen LogP contribution in [-0.2, 0) is 9.59 Å². The molecule has 0 atom stereocenters. The van der Waals surface area contributed by atoms with E-state index in [2.05, 4.69) is 20.8 Å². The van der Waals surface area contributed by atoms with E-state index in [4.69, 9.17) is 0 Å². The third-order valence-electron chi connectivity index (χ3n) is 3.07. The maximum absolute atomic E-state index is 12.8. The van der Waals surface area contributed by atoms with Gasteiger partial charge in [-0.15, -0.1) is 10.2 Å². The van der Waals surface area contributed by atoms with Gasteiger partial charge in [0.05, 0.1) is 12.3 Å². The number of halogens is 1. The number of nitrogens with one attached hydrogen (secondary N) is 2. The Morgan fingerprint density at radius 3 is 2.62 bits per heavy atom. The summed E-state index contributed by atoms with van der Waals surface area (Å²) in [6.07, 6.45) is 0. The highest BCUT2D eigenvalue weighted by molar-refractivity contribution is 8.01. The van der Waals surface area contributed by atoms with E-state index in [1.165, 1.54) is 52.3 Å². The van der Waals surface area contributed by atoms with Gasteiger partial charge in [-0.05, 0) is 38.1 Å². The Hall–Kier alpha value is -2.20. The predicted molar refractivity (Wildman–Crippen MR) is 102 cm³/mol. The Kier molecular flexibility index (Phi) is 7.34. The first-order valence-electron chi connectivity index (χ1n) is 7.85. The van der Waals surface area contributed by atoms with Gasteiger partial charge in [0, 0.05) is 18.8 Å². The first-order valence-corrected chi connectivity index (χ1v) is 9.66. The van der Waals surface area contributed by atoms with Crippen LogP contribution in [0.4, 0.5) is 15.2 Å². The fourth-order valence-electron chi connectivity index (χ4n) is 1.84. The summed E-state index contributed by atoms with van der Waals surface area (Å²) in [5, 5.41) is 14.5. The van der Waals surface area contributed by atoms with Gasteiger partial charge in [0.1, 0.15) is 5.82 Å². The van der Waals surface area contributed by atoms with Gasteiger partial charge in [-0.3, -0.25) is 9.59 Å². The molecular weight excluding hydrogens is 377 g/mol. The van der Waals surface area contributed by atoms with E-state index in [0.29, 0.717) is 15.2 Å². The van der Waals surface area contributed by atoms with Crippen molar-refractivity contribution in [2.45, 2.75) is 24.2 Å². The molecule has 1 heterocycles. The number of aromatic nitrogens is 2. The molecule has 0 spiro atoms. The number of anilines is 2. The van der Waals surface area contributed by atoms with Gasteiger partial charge in [-0.1, -0.05) is 23.1 Å². The van der Waals surface area contributed by atoms with E-state index in [0.717, 1.165) is 0 Å². The van der Waals surface area contributed by atoms with Crippen molar-refractivity contribution in [3.05, 3.63) is 30.1 Å². The third kappa shape index (κ3) is 6.60. The lowest BCUT2D eigenvalue weighted by molar-refractivity contribution is -0.131. The molecule has 0 saturated carbocycles. The molecule has 2 N–H and O–H groups in total. The Balaban J connectivity index is 1.76. The van der Waals surface area contributed by atoms with Gasteiger partial charge in [-0.2, -0.15) is 0 Å². The van der Waals surface area contributed by atoms with Gasteiger partial charge < -0.3 is 15.5 Å². The second-order valence-corrected chi connectivity index (χ2v) is 7.97. The van der Waals surface area contributed by atoms with Crippen LogP contribution in [0, 0.1) is 5.82 Å². The number of carbonyl (C=O) groups excluding carboxylic acids is 2. The Labute approximate surface area is 159 Å². The maximum atomic E-state index is 12.8. The molecule has 0 radical (unpaired) electrons. The lowest BCUT2D eigenvalue weighted by Gasteiger charge is -2.16. The summed E-state index contributed by atoms with van der Waals surface area (Å²) in [5.74, 6) is -0.762. The van der Waals surface area contributed by atoms with E-state index in [1.54, 1.807) is 7.05 Å². The van der Waals surface area contributed by atoms with Crippen molar-refractivity contribution in [1.82, 2.24) is 15.1 Å². The van der Waals surface area contributed by atoms with Gasteiger partial charge in [0.15, 0.2) is 4.34 Å². The molecule has 0 saturated heterocycles. The third-order valence-corrected chi connectivity index (χ3v) is 5.04. The summed E-state index contributed by atoms with van der Waals surface area (Å²) >= 11 is 2.66. The quantitative estimate of drug-likeness (QED) is 0.666. The van der Waals surface area contributed by atoms with E-state index in [9.17, 15) is 14.0 Å². The van der Waals surface area contributed by atoms with Gasteiger partial charge in [0.2, 0.25) is 16.9 Å². The van der Waals surface area contributed by atoms with Crippen LogP contribution < -0.4 is 10.6 Å². The predicted octanol–water partition coefficient (Wildman–Crippen LogP) is 2.69. The molecule has 0 aliphatic carbocycles. The fraction of sp³-hybridized carbons (Fsp3) is 0.375. The minimum atomic E-state index is -0.379. The van der Waals surface area contributed by atoms with Crippen LogP contribution >= 0.6 is 23.1 Å². The Morgan fingerprint density at radius 2 is 1.96 bits per heavy atom. The van der Waals surface area contributed by atoms with Crippen molar-refractivity contribution in [2.24, 2.45) is 0 Å². The summed E-state index contributed by atoms with van der Waals surface area (Å²) in [5.41, 5.74) is 0.477. The van der Waals surface area contributed by atoms with Crippen LogP contribution in [0.1, 0.15) is 13.8 Å². The summed E-state index contributed by atoms with van der Waals surface area (Å²) < 4.78 is 13.5. The molecule has 7 nitrogen and oxygen atoms in total. The monoisotopic (exact) mass is 397 g/mol. The van der Waals surface area contributed by atoms with Crippen molar-refractivity contribution in [3.63, 3.8) is 0 Å². The summed E-state index contributed by atoms with van der Waals surface area (Å²) in [4.78, 5) is 25.4. The fourth-order valence-corrected chi connectivity index (χ4v) is 3.68. The lowest BCUT2D eigenvalue weighted by Crippen LogP contribution is -2.35. The van der Waals surface area contributed by atoms with Gasteiger partial charge in [0.25, 0.3) is 0 Å². The highest BCUT2D eigenvalue weighted by Gasteiger charge is 2.15. The number of thioether (sulfide) groups is 1. The average Bonchev–Trinajstić information content (AvgIpc) is 3.01. The number of carbonyl (C=O) groups is 2. The van der Waals surface area contributed by atoms with E-state index in [1.807, 2.05) is 13.8 Å². The number of likely N-dealkylation sites (N-methyl/N-ethyl adjacent to an activating group) is 1. The zero-order valence-corrected chi connectivity index (χ0v) is 16.3. The topological polar surface area (TPSA) is 87.2 Å². The first kappa shape index (κ1) is 20.1. The van der Waals surface area contributed by atoms with E-state index < -0.39 is 0 Å². The maximum Gasteiger partial charge on any atom is 0.243 e. The minimum absolute atomic E-state index is 0.0902. The second kappa shape index (κ2) is 9.48. The Bertz CT molecular complexity index is 751. The molecule has 0 aliphatic heterocycles. The van der Waals surface area contributed by atoms with Gasteiger partial charge in [-0.25, -0.2) is 4.39 Å². The number of hydrogen-bond acceptors (Lipinski definition) is 7. The molecule has 140 valence electrons. The number of rotatable bonds is 8. The normalized spacial score (nSPS) is 10.7. The van der Waals surface area contributed by atoms with Crippen LogP contribution in [0.5, 0.6) is 0 Å². The molecule has 1 aromatic heterocycles. The van der Waals surface area contributed by atoms with Crippen molar-refractivity contribution in [1.29, 1.82) is 0 Å². The molecular formula is C16H20FN5O2S2. The largest absolute Gasteiger partial charge is 0.358 e. The second-order valence-electron chi connectivity index (χ2n) is 5.77. The molecule has 26 heavy (non-hydrogen) atoms. The smallest absolute Gasteiger partial charge is 0.243 e. The zero-order valence-electron chi connectivity index (χ0n) is 14.7. The van der Waals surface area contributed by atoms with Crippen LogP contribution in [0.3, 0.4) is 0 Å². The lowest BCUT2D eigenvalue weighted by atomic mass is 10.3. The molecule has 2 rings (SSSR count). The SMILES string of the molecule is CC(C)Nc1nnc(SCC(=O)N(C)CC(=O)Nc2ccc(F)cc2)s1. The van der Waals surface area contributed by atoms with Crippen molar-refractivity contribution in [3.8, 4) is 0 Å². The number of hydrogen-bond donors (Lipinski definition) is 2. The van der Waals surface area contributed by atoms with E-state index in [-0.39, 0.29) is 36.0 Å². The summed E-state index contributed by atoms with van der Waals surface area (Å²) in [7, 11) is 1.55. The average molecular weight is 398 g/mol. The standard InChI is InChI=1S/C16H20FN5O2S2/c1-10(2)18-15-20-21-16(26-15)25-9-14(24)22(3)8-13(23)19-12-6-4-11(17)5-7-12/h4-7,10H,8-9H2,1-3H3,(H,18,20)(H,19,23). The summed E-state index contributed by atoms with van der Waals surface area (Å²) in [6, 6.07) is 5.69.